The van der Waals surface area contributed by atoms with Crippen LogP contribution >= 0.6 is 11.8 Å². The number of rotatable bonds is 8. The Hall–Kier alpha value is -2.82. The second kappa shape index (κ2) is 11.4. The molecule has 1 aromatic heterocycles. The van der Waals surface area contributed by atoms with E-state index in [1.165, 1.54) is 30.2 Å². The molecule has 1 saturated heterocycles. The van der Waals surface area contributed by atoms with Crippen molar-refractivity contribution in [2.45, 2.75) is 37.4 Å². The highest BCUT2D eigenvalue weighted by atomic mass is 32.2. The smallest absolute Gasteiger partial charge is 0.356 e. The standard InChI is InChI=1S/C22H26F3N5O2S/c1-2-8-26-21(32)15-6-9-30(10-7-15)18-12-20(28-14-27-18)33-13-19(31)29-17-5-3-4-16(11-17)22(23,24)25/h3-5,11-12,14-15H,2,6-10,13H2,1H3,(H,26,32)(H,29,31). The van der Waals surface area contributed by atoms with Gasteiger partial charge in [0.05, 0.1) is 11.3 Å². The number of aromatic nitrogens is 2. The summed E-state index contributed by atoms with van der Waals surface area (Å²) in [7, 11) is 0. The minimum Gasteiger partial charge on any atom is -0.356 e. The summed E-state index contributed by atoms with van der Waals surface area (Å²) in [5.74, 6) is 0.383. The third kappa shape index (κ3) is 7.34. The van der Waals surface area contributed by atoms with Gasteiger partial charge in [0.25, 0.3) is 0 Å². The monoisotopic (exact) mass is 481 g/mol. The van der Waals surface area contributed by atoms with Gasteiger partial charge in [0.15, 0.2) is 0 Å². The SMILES string of the molecule is CCCNC(=O)C1CCN(c2cc(SCC(=O)Nc3cccc(C(F)(F)F)c3)ncn2)CC1. The summed E-state index contributed by atoms with van der Waals surface area (Å²) in [4.78, 5) is 34.9. The molecule has 0 radical (unpaired) electrons. The number of hydrogen-bond donors (Lipinski definition) is 2. The third-order valence-electron chi connectivity index (χ3n) is 5.19. The Morgan fingerprint density at radius 2 is 1.94 bits per heavy atom. The number of piperidine rings is 1. The van der Waals surface area contributed by atoms with E-state index < -0.39 is 17.6 Å². The first kappa shape index (κ1) is 24.8. The van der Waals surface area contributed by atoms with E-state index in [0.717, 1.165) is 37.2 Å². The average molecular weight is 482 g/mol. The second-order valence-electron chi connectivity index (χ2n) is 7.68. The van der Waals surface area contributed by atoms with Gasteiger partial charge in [0.1, 0.15) is 17.2 Å². The lowest BCUT2D eigenvalue weighted by molar-refractivity contribution is -0.137. The number of nitrogens with zero attached hydrogens (tertiary/aromatic N) is 3. The van der Waals surface area contributed by atoms with Crippen LogP contribution in [0.3, 0.4) is 0 Å². The van der Waals surface area contributed by atoms with E-state index in [2.05, 4.69) is 25.5 Å². The number of thioether (sulfide) groups is 1. The van der Waals surface area contributed by atoms with Gasteiger partial charge in [0.2, 0.25) is 11.8 Å². The number of halogens is 3. The predicted molar refractivity (Wildman–Crippen MR) is 121 cm³/mol. The molecule has 0 atom stereocenters. The Balaban J connectivity index is 1.50. The molecule has 2 N–H and O–H groups in total. The Morgan fingerprint density at radius 1 is 1.18 bits per heavy atom. The summed E-state index contributed by atoms with van der Waals surface area (Å²) >= 11 is 1.17. The summed E-state index contributed by atoms with van der Waals surface area (Å²) < 4.78 is 38.5. The van der Waals surface area contributed by atoms with Crippen molar-refractivity contribution in [1.29, 1.82) is 0 Å². The number of carbonyl (C=O) groups is 2. The summed E-state index contributed by atoms with van der Waals surface area (Å²) in [6, 6.07) is 6.29. The lowest BCUT2D eigenvalue weighted by Crippen LogP contribution is -2.41. The number of alkyl halides is 3. The molecule has 1 aliphatic heterocycles. The van der Waals surface area contributed by atoms with Crippen molar-refractivity contribution >= 4 is 35.1 Å². The van der Waals surface area contributed by atoms with Crippen molar-refractivity contribution in [3.63, 3.8) is 0 Å². The molecule has 0 saturated carbocycles. The van der Waals surface area contributed by atoms with E-state index in [1.54, 1.807) is 6.07 Å². The van der Waals surface area contributed by atoms with Crippen molar-refractivity contribution < 1.29 is 22.8 Å². The maximum absolute atomic E-state index is 12.8. The van der Waals surface area contributed by atoms with Gasteiger partial charge in [-0.3, -0.25) is 9.59 Å². The quantitative estimate of drug-likeness (QED) is 0.438. The molecule has 1 aliphatic rings. The van der Waals surface area contributed by atoms with Gasteiger partial charge in [-0.1, -0.05) is 24.8 Å². The molecule has 1 fully saturated rings. The Bertz CT molecular complexity index is 965. The van der Waals surface area contributed by atoms with E-state index in [4.69, 9.17) is 0 Å². The molecule has 0 aliphatic carbocycles. The van der Waals surface area contributed by atoms with Crippen molar-refractivity contribution in [2.75, 3.05) is 35.6 Å². The molecule has 178 valence electrons. The Kier molecular flexibility index (Phi) is 8.54. The van der Waals surface area contributed by atoms with E-state index >= 15 is 0 Å². The largest absolute Gasteiger partial charge is 0.416 e. The van der Waals surface area contributed by atoms with Crippen LogP contribution in [-0.4, -0.2) is 47.2 Å². The van der Waals surface area contributed by atoms with E-state index in [-0.39, 0.29) is 23.3 Å². The third-order valence-corrected chi connectivity index (χ3v) is 6.12. The lowest BCUT2D eigenvalue weighted by Gasteiger charge is -2.32. The molecule has 3 rings (SSSR count). The minimum absolute atomic E-state index is 0.00280. The molecule has 11 heteroatoms. The molecule has 0 spiro atoms. The lowest BCUT2D eigenvalue weighted by atomic mass is 9.96. The van der Waals surface area contributed by atoms with Crippen molar-refractivity contribution in [3.05, 3.63) is 42.2 Å². The first-order valence-corrected chi connectivity index (χ1v) is 11.7. The van der Waals surface area contributed by atoms with Crippen LogP contribution in [0.4, 0.5) is 24.7 Å². The summed E-state index contributed by atoms with van der Waals surface area (Å²) in [6.45, 7) is 4.10. The highest BCUT2D eigenvalue weighted by molar-refractivity contribution is 7.99. The molecule has 2 heterocycles. The van der Waals surface area contributed by atoms with Crippen LogP contribution in [0, 0.1) is 5.92 Å². The number of nitrogens with one attached hydrogen (secondary N) is 2. The topological polar surface area (TPSA) is 87.2 Å². The van der Waals surface area contributed by atoms with E-state index in [1.807, 2.05) is 6.92 Å². The van der Waals surface area contributed by atoms with Gasteiger partial charge >= 0.3 is 6.18 Å². The number of benzene rings is 1. The highest BCUT2D eigenvalue weighted by Gasteiger charge is 2.30. The fourth-order valence-corrected chi connectivity index (χ4v) is 4.12. The van der Waals surface area contributed by atoms with Crippen molar-refractivity contribution in [3.8, 4) is 0 Å². The fraction of sp³-hybridized carbons (Fsp3) is 0.455. The van der Waals surface area contributed by atoms with Gasteiger partial charge in [-0.05, 0) is 37.5 Å². The summed E-state index contributed by atoms with van der Waals surface area (Å²) in [6.07, 6.45) is -0.671. The molecule has 0 unspecified atom stereocenters. The van der Waals surface area contributed by atoms with Crippen molar-refractivity contribution in [2.24, 2.45) is 5.92 Å². The second-order valence-corrected chi connectivity index (χ2v) is 8.68. The maximum atomic E-state index is 12.8. The summed E-state index contributed by atoms with van der Waals surface area (Å²) in [5, 5.41) is 6.01. The maximum Gasteiger partial charge on any atom is 0.416 e. The van der Waals surface area contributed by atoms with Gasteiger partial charge in [-0.15, -0.1) is 0 Å². The van der Waals surface area contributed by atoms with Crippen LogP contribution in [0.25, 0.3) is 0 Å². The first-order chi connectivity index (χ1) is 15.8. The molecule has 0 bridgehead atoms. The van der Waals surface area contributed by atoms with Gasteiger partial charge < -0.3 is 15.5 Å². The van der Waals surface area contributed by atoms with Crippen LogP contribution < -0.4 is 15.5 Å². The van der Waals surface area contributed by atoms with Crippen LogP contribution in [0.15, 0.2) is 41.7 Å². The predicted octanol–water partition coefficient (Wildman–Crippen LogP) is 3.97. The molecule has 1 aromatic carbocycles. The highest BCUT2D eigenvalue weighted by Crippen LogP contribution is 2.31. The molecule has 2 amide bonds. The normalized spacial score (nSPS) is 14.7. The Labute approximate surface area is 194 Å². The fourth-order valence-electron chi connectivity index (χ4n) is 3.45. The minimum atomic E-state index is -4.47. The Morgan fingerprint density at radius 3 is 2.64 bits per heavy atom. The zero-order chi connectivity index (χ0) is 23.8. The zero-order valence-corrected chi connectivity index (χ0v) is 19.0. The average Bonchev–Trinajstić information content (AvgIpc) is 2.81. The number of anilines is 2. The van der Waals surface area contributed by atoms with Gasteiger partial charge in [-0.25, -0.2) is 9.97 Å². The molecule has 2 aromatic rings. The molecular formula is C22H26F3N5O2S. The van der Waals surface area contributed by atoms with Gasteiger partial charge in [0, 0.05) is 37.3 Å². The van der Waals surface area contributed by atoms with Crippen LogP contribution in [-0.2, 0) is 15.8 Å². The molecule has 7 nitrogen and oxygen atoms in total. The zero-order valence-electron chi connectivity index (χ0n) is 18.2. The molecular weight excluding hydrogens is 455 g/mol. The van der Waals surface area contributed by atoms with Crippen LogP contribution in [0.1, 0.15) is 31.7 Å². The number of carbonyl (C=O) groups excluding carboxylic acids is 2. The molecule has 33 heavy (non-hydrogen) atoms. The van der Waals surface area contributed by atoms with E-state index in [9.17, 15) is 22.8 Å². The van der Waals surface area contributed by atoms with E-state index in [0.29, 0.717) is 24.7 Å². The van der Waals surface area contributed by atoms with Crippen LogP contribution in [0.5, 0.6) is 0 Å². The van der Waals surface area contributed by atoms with Crippen molar-refractivity contribution in [1.82, 2.24) is 15.3 Å². The van der Waals surface area contributed by atoms with Gasteiger partial charge in [-0.2, -0.15) is 13.2 Å². The number of hydrogen-bond acceptors (Lipinski definition) is 6. The van der Waals surface area contributed by atoms with Crippen LogP contribution in [0.2, 0.25) is 0 Å². The summed E-state index contributed by atoms with van der Waals surface area (Å²) in [5.41, 5.74) is -0.732. The number of amides is 2. The first-order valence-electron chi connectivity index (χ1n) is 10.7.